The van der Waals surface area contributed by atoms with Gasteiger partial charge in [0.05, 0.1) is 28.4 Å². The summed E-state index contributed by atoms with van der Waals surface area (Å²) in [7, 11) is 0. The third kappa shape index (κ3) is 4.08. The maximum absolute atomic E-state index is 13.3. The lowest BCUT2D eigenvalue weighted by atomic mass is 9.77. The van der Waals surface area contributed by atoms with Crippen molar-refractivity contribution < 1.29 is 22.7 Å². The van der Waals surface area contributed by atoms with Gasteiger partial charge in [-0.25, -0.2) is 9.07 Å². The van der Waals surface area contributed by atoms with Crippen molar-refractivity contribution in [2.24, 2.45) is 0 Å². The SMILES string of the molecule is C[C@]1(O)C[C@H](Nc2nc(N3CC(N4CC(F)C4)C3)c3cnn(-c4cccc(C(F)(F)F)c4)c3n2)C1. The Morgan fingerprint density at radius 3 is 2.51 bits per heavy atom. The van der Waals surface area contributed by atoms with E-state index in [9.17, 15) is 22.7 Å². The first-order chi connectivity index (χ1) is 16.6. The number of anilines is 2. The topological polar surface area (TPSA) is 82.3 Å². The second-order valence-electron chi connectivity index (χ2n) is 10.1. The number of halogens is 4. The number of nitrogens with zero attached hydrogens (tertiary/aromatic N) is 6. The van der Waals surface area contributed by atoms with Gasteiger partial charge in [0.25, 0.3) is 0 Å². The molecule has 0 radical (unpaired) electrons. The number of likely N-dealkylation sites (tertiary alicyclic amines) is 1. The molecule has 2 aliphatic heterocycles. The van der Waals surface area contributed by atoms with Gasteiger partial charge < -0.3 is 15.3 Å². The van der Waals surface area contributed by atoms with E-state index in [4.69, 9.17) is 4.98 Å². The second kappa shape index (κ2) is 7.76. The molecule has 6 rings (SSSR count). The molecular formula is C23H25F4N7O. The molecule has 3 fully saturated rings. The molecule has 0 unspecified atom stereocenters. The van der Waals surface area contributed by atoms with Gasteiger partial charge in [0, 0.05) is 38.3 Å². The normalized spacial score (nSPS) is 25.9. The van der Waals surface area contributed by atoms with Crippen LogP contribution in [0.5, 0.6) is 0 Å². The zero-order valence-corrected chi connectivity index (χ0v) is 19.0. The molecule has 0 bridgehead atoms. The average molecular weight is 491 g/mol. The number of alkyl halides is 4. The molecule has 186 valence electrons. The van der Waals surface area contributed by atoms with Crippen molar-refractivity contribution >= 4 is 22.8 Å². The zero-order valence-electron chi connectivity index (χ0n) is 19.0. The second-order valence-corrected chi connectivity index (χ2v) is 10.1. The van der Waals surface area contributed by atoms with Gasteiger partial charge in [0.1, 0.15) is 12.0 Å². The molecule has 3 aliphatic rings. The highest BCUT2D eigenvalue weighted by Gasteiger charge is 2.41. The molecule has 12 heteroatoms. The highest BCUT2D eigenvalue weighted by Crippen LogP contribution is 2.36. The largest absolute Gasteiger partial charge is 0.416 e. The average Bonchev–Trinajstić information content (AvgIpc) is 3.13. The Morgan fingerprint density at radius 1 is 1.11 bits per heavy atom. The Morgan fingerprint density at radius 2 is 1.86 bits per heavy atom. The Balaban J connectivity index is 1.35. The Labute approximate surface area is 198 Å². The van der Waals surface area contributed by atoms with Gasteiger partial charge in [-0.2, -0.15) is 28.2 Å². The minimum atomic E-state index is -4.48. The predicted octanol–water partition coefficient (Wildman–Crippen LogP) is 3.00. The maximum atomic E-state index is 13.3. The number of aliphatic hydroxyl groups is 1. The van der Waals surface area contributed by atoms with Crippen LogP contribution in [-0.4, -0.2) is 79.8 Å². The van der Waals surface area contributed by atoms with Crippen LogP contribution < -0.4 is 10.2 Å². The molecule has 2 N–H and O–H groups in total. The van der Waals surface area contributed by atoms with Crippen molar-refractivity contribution in [2.45, 2.75) is 49.8 Å². The van der Waals surface area contributed by atoms with Crippen LogP contribution in [0.15, 0.2) is 30.5 Å². The van der Waals surface area contributed by atoms with Gasteiger partial charge in [-0.1, -0.05) is 6.07 Å². The van der Waals surface area contributed by atoms with Crippen molar-refractivity contribution in [3.8, 4) is 5.69 Å². The number of hydrogen-bond acceptors (Lipinski definition) is 7. The number of hydrogen-bond donors (Lipinski definition) is 2. The van der Waals surface area contributed by atoms with E-state index < -0.39 is 23.5 Å². The van der Waals surface area contributed by atoms with E-state index >= 15 is 0 Å². The summed E-state index contributed by atoms with van der Waals surface area (Å²) in [6.45, 7) is 4.00. The number of fused-ring (bicyclic) bond motifs is 1. The lowest BCUT2D eigenvalue weighted by Crippen LogP contribution is -2.66. The fourth-order valence-corrected chi connectivity index (χ4v) is 5.10. The summed E-state index contributed by atoms with van der Waals surface area (Å²) in [5.74, 6) is 0.966. The Kier molecular flexibility index (Phi) is 4.98. The highest BCUT2D eigenvalue weighted by molar-refractivity contribution is 5.89. The number of benzene rings is 1. The first-order valence-corrected chi connectivity index (χ1v) is 11.6. The summed E-state index contributed by atoms with van der Waals surface area (Å²) in [5, 5.41) is 18.3. The lowest BCUT2D eigenvalue weighted by Gasteiger charge is -2.50. The van der Waals surface area contributed by atoms with E-state index in [1.165, 1.54) is 10.7 Å². The van der Waals surface area contributed by atoms with Gasteiger partial charge >= 0.3 is 6.18 Å². The lowest BCUT2D eigenvalue weighted by molar-refractivity contribution is -0.137. The summed E-state index contributed by atoms with van der Waals surface area (Å²) in [6, 6.07) is 5.19. The van der Waals surface area contributed by atoms with Crippen molar-refractivity contribution in [3.63, 3.8) is 0 Å². The van der Waals surface area contributed by atoms with Crippen LogP contribution >= 0.6 is 0 Å². The number of rotatable bonds is 5. The van der Waals surface area contributed by atoms with E-state index in [0.29, 0.717) is 61.8 Å². The Hall–Kier alpha value is -2.99. The van der Waals surface area contributed by atoms with Crippen LogP contribution in [0.2, 0.25) is 0 Å². The van der Waals surface area contributed by atoms with E-state index in [1.54, 1.807) is 19.2 Å². The minimum absolute atomic E-state index is 0.00746. The van der Waals surface area contributed by atoms with E-state index in [0.717, 1.165) is 12.1 Å². The molecule has 35 heavy (non-hydrogen) atoms. The number of nitrogens with one attached hydrogen (secondary N) is 1. The third-order valence-corrected chi connectivity index (χ3v) is 7.08. The molecule has 0 amide bonds. The molecule has 0 spiro atoms. The molecule has 0 atom stereocenters. The van der Waals surface area contributed by atoms with E-state index in [2.05, 4.69) is 25.2 Å². The molecular weight excluding hydrogens is 466 g/mol. The van der Waals surface area contributed by atoms with Crippen LogP contribution in [0.25, 0.3) is 16.7 Å². The molecule has 4 heterocycles. The molecule has 2 aromatic heterocycles. The number of aromatic nitrogens is 4. The fourth-order valence-electron chi connectivity index (χ4n) is 5.10. The quantitative estimate of drug-likeness (QED) is 0.531. The summed E-state index contributed by atoms with van der Waals surface area (Å²) < 4.78 is 54.6. The molecule has 8 nitrogen and oxygen atoms in total. The van der Waals surface area contributed by atoms with Gasteiger partial charge in [0.2, 0.25) is 5.95 Å². The fraction of sp³-hybridized carbons (Fsp3) is 0.522. The molecule has 1 saturated carbocycles. The van der Waals surface area contributed by atoms with Crippen LogP contribution in [-0.2, 0) is 6.18 Å². The van der Waals surface area contributed by atoms with Crippen LogP contribution in [0.3, 0.4) is 0 Å². The van der Waals surface area contributed by atoms with Crippen LogP contribution in [0.4, 0.5) is 29.3 Å². The first-order valence-electron chi connectivity index (χ1n) is 11.6. The molecule has 1 aliphatic carbocycles. The van der Waals surface area contributed by atoms with Crippen LogP contribution in [0.1, 0.15) is 25.3 Å². The van der Waals surface area contributed by atoms with Gasteiger partial charge in [-0.05, 0) is 38.0 Å². The van der Waals surface area contributed by atoms with Gasteiger partial charge in [0.15, 0.2) is 5.65 Å². The zero-order chi connectivity index (χ0) is 24.5. The van der Waals surface area contributed by atoms with Gasteiger partial charge in [-0.15, -0.1) is 0 Å². The molecule has 2 saturated heterocycles. The van der Waals surface area contributed by atoms with Crippen molar-refractivity contribution in [2.75, 3.05) is 36.4 Å². The summed E-state index contributed by atoms with van der Waals surface area (Å²) >= 11 is 0. The standard InChI is InChI=1S/C23H25F4N7O/c1-22(35)6-15(7-22)29-21-30-19(33-11-17(12-33)32-9-14(24)10-32)18-8-28-34(20(18)31-21)16-4-2-3-13(5-16)23(25,26)27/h2-5,8,14-15,17,35H,6-7,9-12H2,1H3,(H,29,30,31)/t15-,22-. The summed E-state index contributed by atoms with van der Waals surface area (Å²) in [6.07, 6.45) is -2.59. The predicted molar refractivity (Wildman–Crippen MR) is 121 cm³/mol. The van der Waals surface area contributed by atoms with Gasteiger partial charge in [-0.3, -0.25) is 4.90 Å². The summed E-state index contributed by atoms with van der Waals surface area (Å²) in [5.41, 5.74) is -0.873. The maximum Gasteiger partial charge on any atom is 0.416 e. The molecule has 3 aromatic rings. The Bertz CT molecular complexity index is 1260. The van der Waals surface area contributed by atoms with Crippen LogP contribution in [0, 0.1) is 0 Å². The van der Waals surface area contributed by atoms with Crippen molar-refractivity contribution in [3.05, 3.63) is 36.0 Å². The monoisotopic (exact) mass is 491 g/mol. The smallest absolute Gasteiger partial charge is 0.390 e. The van der Waals surface area contributed by atoms with Crippen molar-refractivity contribution in [1.29, 1.82) is 0 Å². The molecule has 1 aromatic carbocycles. The minimum Gasteiger partial charge on any atom is -0.390 e. The summed E-state index contributed by atoms with van der Waals surface area (Å²) in [4.78, 5) is 13.5. The first kappa shape index (κ1) is 22.5. The van der Waals surface area contributed by atoms with Crippen molar-refractivity contribution in [1.82, 2.24) is 24.6 Å². The van der Waals surface area contributed by atoms with E-state index in [-0.39, 0.29) is 17.8 Å². The van der Waals surface area contributed by atoms with E-state index in [1.807, 2.05) is 0 Å². The highest BCUT2D eigenvalue weighted by atomic mass is 19.4. The third-order valence-electron chi connectivity index (χ3n) is 7.08.